The van der Waals surface area contributed by atoms with Gasteiger partial charge in [0.1, 0.15) is 5.83 Å². The van der Waals surface area contributed by atoms with Crippen LogP contribution in [0.15, 0.2) is 36.2 Å². The topological polar surface area (TPSA) is 18.5 Å². The van der Waals surface area contributed by atoms with Gasteiger partial charge in [0.2, 0.25) is 0 Å². The average Bonchev–Trinajstić information content (AvgIpc) is 2.61. The van der Waals surface area contributed by atoms with Gasteiger partial charge in [0.25, 0.3) is 0 Å². The van der Waals surface area contributed by atoms with Gasteiger partial charge in [0, 0.05) is 17.8 Å². The van der Waals surface area contributed by atoms with Crippen LogP contribution in [0, 0.1) is 18.8 Å². The first-order chi connectivity index (χ1) is 12.3. The predicted octanol–water partition coefficient (Wildman–Crippen LogP) is 5.67. The molecular formula is C20H24F4O2. The molecule has 1 aromatic rings. The lowest BCUT2D eigenvalue weighted by Crippen LogP contribution is -2.37. The molecule has 0 N–H and O–H groups in total. The zero-order valence-electron chi connectivity index (χ0n) is 14.8. The molecule has 0 atom stereocenters. The lowest BCUT2D eigenvalue weighted by atomic mass is 9.80. The Morgan fingerprint density at radius 1 is 1.00 bits per heavy atom. The van der Waals surface area contributed by atoms with Crippen molar-refractivity contribution in [3.63, 3.8) is 0 Å². The van der Waals surface area contributed by atoms with E-state index < -0.39 is 17.9 Å². The van der Waals surface area contributed by atoms with Gasteiger partial charge in [-0.05, 0) is 38.2 Å². The molecule has 3 rings (SSSR count). The molecule has 2 fully saturated rings. The second-order valence-electron chi connectivity index (χ2n) is 7.33. The molecule has 0 amide bonds. The average molecular weight is 372 g/mol. The van der Waals surface area contributed by atoms with E-state index in [-0.39, 0.29) is 24.2 Å². The van der Waals surface area contributed by atoms with Crippen LogP contribution in [0.2, 0.25) is 0 Å². The number of hydrogen-bond acceptors (Lipinski definition) is 2. The standard InChI is InChI=1S/C20H24F4O2/c1-13-2-4-14(5-3-13)17-11-25-19(26-12-17)16-8-6-15(7-9-16)18(21)10-20(22,23)24/h2-5,10,15-17,19H,6-9,11-12H2,1H3/b18-10-. The lowest BCUT2D eigenvalue weighted by Gasteiger charge is -2.37. The van der Waals surface area contributed by atoms with Gasteiger partial charge >= 0.3 is 6.18 Å². The molecule has 1 aliphatic heterocycles. The molecule has 1 saturated carbocycles. The van der Waals surface area contributed by atoms with Crippen LogP contribution in [-0.4, -0.2) is 25.7 Å². The summed E-state index contributed by atoms with van der Waals surface area (Å²) in [6.45, 7) is 3.17. The van der Waals surface area contributed by atoms with E-state index in [1.807, 2.05) is 6.92 Å². The minimum Gasteiger partial charge on any atom is -0.352 e. The third-order valence-electron chi connectivity index (χ3n) is 5.32. The largest absolute Gasteiger partial charge is 0.412 e. The van der Waals surface area contributed by atoms with Gasteiger partial charge < -0.3 is 9.47 Å². The maximum atomic E-state index is 13.7. The van der Waals surface area contributed by atoms with Crippen molar-refractivity contribution in [3.05, 3.63) is 47.3 Å². The van der Waals surface area contributed by atoms with E-state index in [1.165, 1.54) is 11.1 Å². The molecule has 1 aliphatic carbocycles. The fraction of sp³-hybridized carbons (Fsp3) is 0.600. The van der Waals surface area contributed by atoms with Crippen molar-refractivity contribution in [3.8, 4) is 0 Å². The highest BCUT2D eigenvalue weighted by Gasteiger charge is 2.35. The SMILES string of the molecule is Cc1ccc(C2COC(C3CCC(/C(F)=C/C(F)(F)F)CC3)OC2)cc1. The smallest absolute Gasteiger partial charge is 0.352 e. The summed E-state index contributed by atoms with van der Waals surface area (Å²) in [5.41, 5.74) is 2.38. The first-order valence-corrected chi connectivity index (χ1v) is 9.06. The van der Waals surface area contributed by atoms with Crippen molar-refractivity contribution in [1.82, 2.24) is 0 Å². The van der Waals surface area contributed by atoms with Crippen molar-refractivity contribution in [2.75, 3.05) is 13.2 Å². The predicted molar refractivity (Wildman–Crippen MR) is 90.3 cm³/mol. The highest BCUT2D eigenvalue weighted by molar-refractivity contribution is 5.24. The van der Waals surface area contributed by atoms with Gasteiger partial charge in [-0.25, -0.2) is 4.39 Å². The number of rotatable bonds is 3. The Bertz CT molecular complexity index is 608. The van der Waals surface area contributed by atoms with E-state index in [2.05, 4.69) is 24.3 Å². The maximum absolute atomic E-state index is 13.7. The van der Waals surface area contributed by atoms with Gasteiger partial charge in [-0.2, -0.15) is 13.2 Å². The second-order valence-corrected chi connectivity index (χ2v) is 7.33. The van der Waals surface area contributed by atoms with E-state index in [0.717, 1.165) is 0 Å². The summed E-state index contributed by atoms with van der Waals surface area (Å²) < 4.78 is 62.3. The summed E-state index contributed by atoms with van der Waals surface area (Å²) in [6.07, 6.45) is -3.12. The normalized spacial score (nSPS) is 31.0. The van der Waals surface area contributed by atoms with E-state index >= 15 is 0 Å². The van der Waals surface area contributed by atoms with Crippen LogP contribution < -0.4 is 0 Å². The minimum atomic E-state index is -4.60. The number of aryl methyl sites for hydroxylation is 1. The van der Waals surface area contributed by atoms with E-state index in [4.69, 9.17) is 9.47 Å². The molecule has 0 radical (unpaired) electrons. The highest BCUT2D eigenvalue weighted by atomic mass is 19.4. The van der Waals surface area contributed by atoms with Crippen LogP contribution in [0.5, 0.6) is 0 Å². The Kier molecular flexibility index (Phi) is 6.03. The summed E-state index contributed by atoms with van der Waals surface area (Å²) in [6, 6.07) is 8.28. The quantitative estimate of drug-likeness (QED) is 0.636. The summed E-state index contributed by atoms with van der Waals surface area (Å²) in [4.78, 5) is 0. The summed E-state index contributed by atoms with van der Waals surface area (Å²) in [5.74, 6) is -1.39. The minimum absolute atomic E-state index is 0.115. The molecule has 0 unspecified atom stereocenters. The Morgan fingerprint density at radius 2 is 1.58 bits per heavy atom. The molecule has 0 spiro atoms. The molecule has 0 bridgehead atoms. The third kappa shape index (κ3) is 5.07. The van der Waals surface area contributed by atoms with E-state index in [9.17, 15) is 17.6 Å². The number of benzene rings is 1. The Morgan fingerprint density at radius 3 is 2.12 bits per heavy atom. The third-order valence-corrected chi connectivity index (χ3v) is 5.32. The van der Waals surface area contributed by atoms with Crippen LogP contribution >= 0.6 is 0 Å². The van der Waals surface area contributed by atoms with Crippen molar-refractivity contribution < 1.29 is 27.0 Å². The fourth-order valence-corrected chi connectivity index (χ4v) is 3.76. The maximum Gasteiger partial charge on any atom is 0.412 e. The molecule has 1 saturated heterocycles. The van der Waals surface area contributed by atoms with Gasteiger partial charge in [-0.3, -0.25) is 0 Å². The number of halogens is 4. The second kappa shape index (κ2) is 8.09. The fourth-order valence-electron chi connectivity index (χ4n) is 3.76. The molecule has 144 valence electrons. The van der Waals surface area contributed by atoms with Crippen molar-refractivity contribution in [1.29, 1.82) is 0 Å². The van der Waals surface area contributed by atoms with Gasteiger partial charge in [0.15, 0.2) is 6.29 Å². The van der Waals surface area contributed by atoms with Crippen LogP contribution in [0.25, 0.3) is 0 Å². The molecule has 2 nitrogen and oxygen atoms in total. The zero-order chi connectivity index (χ0) is 18.7. The number of hydrogen-bond donors (Lipinski definition) is 0. The lowest BCUT2D eigenvalue weighted by molar-refractivity contribution is -0.217. The molecule has 2 aliphatic rings. The van der Waals surface area contributed by atoms with E-state index in [0.29, 0.717) is 38.9 Å². The van der Waals surface area contributed by atoms with Crippen LogP contribution in [-0.2, 0) is 9.47 Å². The molecular weight excluding hydrogens is 348 g/mol. The summed E-state index contributed by atoms with van der Waals surface area (Å²) in [7, 11) is 0. The van der Waals surface area contributed by atoms with Crippen molar-refractivity contribution >= 4 is 0 Å². The van der Waals surface area contributed by atoms with Gasteiger partial charge in [-0.1, -0.05) is 29.8 Å². The molecule has 0 aromatic heterocycles. The number of allylic oxidation sites excluding steroid dienone is 2. The zero-order valence-corrected chi connectivity index (χ0v) is 14.8. The molecule has 26 heavy (non-hydrogen) atoms. The first kappa shape index (κ1) is 19.4. The van der Waals surface area contributed by atoms with Crippen molar-refractivity contribution in [2.45, 2.75) is 51.0 Å². The summed E-state index contributed by atoms with van der Waals surface area (Å²) in [5, 5.41) is 0. The van der Waals surface area contributed by atoms with E-state index in [1.54, 1.807) is 0 Å². The summed E-state index contributed by atoms with van der Waals surface area (Å²) >= 11 is 0. The monoisotopic (exact) mass is 372 g/mol. The Labute approximate surface area is 151 Å². The van der Waals surface area contributed by atoms with Crippen molar-refractivity contribution in [2.24, 2.45) is 11.8 Å². The first-order valence-electron chi connectivity index (χ1n) is 9.06. The highest BCUT2D eigenvalue weighted by Crippen LogP contribution is 2.39. The number of alkyl halides is 3. The molecule has 1 aromatic carbocycles. The van der Waals surface area contributed by atoms with Gasteiger partial charge in [0.05, 0.1) is 19.3 Å². The Hall–Kier alpha value is -1.40. The van der Waals surface area contributed by atoms with Crippen LogP contribution in [0.1, 0.15) is 42.7 Å². The van der Waals surface area contributed by atoms with Crippen LogP contribution in [0.4, 0.5) is 17.6 Å². The van der Waals surface area contributed by atoms with Crippen LogP contribution in [0.3, 0.4) is 0 Å². The van der Waals surface area contributed by atoms with Gasteiger partial charge in [-0.15, -0.1) is 0 Å². The molecule has 6 heteroatoms. The number of ether oxygens (including phenoxy) is 2. The molecule has 1 heterocycles. The Balaban J connectivity index is 1.48.